The van der Waals surface area contributed by atoms with E-state index in [0.717, 1.165) is 0 Å². The number of rotatable bonds is 4. The van der Waals surface area contributed by atoms with E-state index in [9.17, 15) is 18.8 Å². The van der Waals surface area contributed by atoms with Crippen molar-refractivity contribution in [1.82, 2.24) is 20.6 Å². The molecule has 0 radical (unpaired) electrons. The van der Waals surface area contributed by atoms with Gasteiger partial charge in [-0.3, -0.25) is 25.2 Å². The van der Waals surface area contributed by atoms with Gasteiger partial charge in [-0.15, -0.1) is 0 Å². The van der Waals surface area contributed by atoms with Crippen molar-refractivity contribution in [3.63, 3.8) is 0 Å². The average molecular weight is 368 g/mol. The Bertz CT molecular complexity index is 1060. The first-order valence-corrected chi connectivity index (χ1v) is 8.33. The standard InChI is InChI=1S/C19H17FN4O3/c1-2-24-19(27)15-6-4-3-5-14(15)17(23-24)18(26)22-21-16(25)11-12-7-9-13(20)10-8-12/h3-10H,2,11H2,1H3,(H,21,25)(H,22,26). The fraction of sp³-hybridized carbons (Fsp3) is 0.158. The Morgan fingerprint density at radius 2 is 1.70 bits per heavy atom. The van der Waals surface area contributed by atoms with E-state index < -0.39 is 17.6 Å². The van der Waals surface area contributed by atoms with Gasteiger partial charge in [0.15, 0.2) is 5.69 Å². The Morgan fingerprint density at radius 3 is 2.37 bits per heavy atom. The summed E-state index contributed by atoms with van der Waals surface area (Å²) in [7, 11) is 0. The second-order valence-electron chi connectivity index (χ2n) is 5.82. The first-order chi connectivity index (χ1) is 13.0. The van der Waals surface area contributed by atoms with E-state index in [0.29, 0.717) is 22.9 Å². The summed E-state index contributed by atoms with van der Waals surface area (Å²) in [6.45, 7) is 2.05. The molecule has 27 heavy (non-hydrogen) atoms. The molecule has 0 spiro atoms. The summed E-state index contributed by atoms with van der Waals surface area (Å²) in [6, 6.07) is 12.1. The maximum atomic E-state index is 12.9. The van der Waals surface area contributed by atoms with E-state index >= 15 is 0 Å². The number of hydrogen-bond donors (Lipinski definition) is 2. The number of aromatic nitrogens is 2. The molecule has 0 fully saturated rings. The zero-order chi connectivity index (χ0) is 19.4. The maximum Gasteiger partial charge on any atom is 0.290 e. The maximum absolute atomic E-state index is 12.9. The molecule has 8 heteroatoms. The molecular formula is C19H17FN4O3. The number of hydrazine groups is 1. The van der Waals surface area contributed by atoms with Crippen molar-refractivity contribution >= 4 is 22.6 Å². The normalized spacial score (nSPS) is 10.6. The van der Waals surface area contributed by atoms with Crippen LogP contribution in [0.1, 0.15) is 23.0 Å². The quantitative estimate of drug-likeness (QED) is 0.684. The molecule has 0 saturated carbocycles. The van der Waals surface area contributed by atoms with Gasteiger partial charge in [0, 0.05) is 11.9 Å². The number of hydrogen-bond acceptors (Lipinski definition) is 4. The summed E-state index contributed by atoms with van der Waals surface area (Å²) < 4.78 is 14.1. The number of amides is 2. The lowest BCUT2D eigenvalue weighted by atomic mass is 10.1. The first-order valence-electron chi connectivity index (χ1n) is 8.33. The average Bonchev–Trinajstić information content (AvgIpc) is 2.68. The van der Waals surface area contributed by atoms with Crippen LogP contribution in [0, 0.1) is 5.82 Å². The van der Waals surface area contributed by atoms with Crippen LogP contribution in [0.15, 0.2) is 53.3 Å². The molecule has 2 amide bonds. The highest BCUT2D eigenvalue weighted by Crippen LogP contribution is 2.13. The van der Waals surface area contributed by atoms with Gasteiger partial charge in [0.1, 0.15) is 5.82 Å². The van der Waals surface area contributed by atoms with Crippen molar-refractivity contribution in [3.8, 4) is 0 Å². The molecule has 2 N–H and O–H groups in total. The van der Waals surface area contributed by atoms with E-state index in [1.54, 1.807) is 31.2 Å². The van der Waals surface area contributed by atoms with Gasteiger partial charge in [-0.2, -0.15) is 5.10 Å². The summed E-state index contributed by atoms with van der Waals surface area (Å²) in [5.74, 6) is -1.50. The summed E-state index contributed by atoms with van der Waals surface area (Å²) >= 11 is 0. The highest BCUT2D eigenvalue weighted by molar-refractivity contribution is 6.05. The van der Waals surface area contributed by atoms with Crippen LogP contribution < -0.4 is 16.4 Å². The van der Waals surface area contributed by atoms with Crippen LogP contribution in [0.5, 0.6) is 0 Å². The van der Waals surface area contributed by atoms with Gasteiger partial charge in [0.25, 0.3) is 11.5 Å². The number of benzene rings is 2. The first kappa shape index (κ1) is 18.2. The minimum absolute atomic E-state index is 0.0246. The van der Waals surface area contributed by atoms with Crippen molar-refractivity contribution in [2.24, 2.45) is 0 Å². The summed E-state index contributed by atoms with van der Waals surface area (Å²) in [4.78, 5) is 36.8. The van der Waals surface area contributed by atoms with Crippen molar-refractivity contribution < 1.29 is 14.0 Å². The molecule has 2 aromatic carbocycles. The van der Waals surface area contributed by atoms with Crippen molar-refractivity contribution in [3.05, 3.63) is 76.0 Å². The number of aryl methyl sites for hydroxylation is 1. The largest absolute Gasteiger partial charge is 0.290 e. The van der Waals surface area contributed by atoms with E-state index in [2.05, 4.69) is 16.0 Å². The van der Waals surface area contributed by atoms with Gasteiger partial charge in [-0.1, -0.05) is 30.3 Å². The van der Waals surface area contributed by atoms with E-state index in [4.69, 9.17) is 0 Å². The fourth-order valence-electron chi connectivity index (χ4n) is 2.63. The van der Waals surface area contributed by atoms with Crippen molar-refractivity contribution in [2.45, 2.75) is 19.9 Å². The molecule has 0 aliphatic heterocycles. The lowest BCUT2D eigenvalue weighted by Gasteiger charge is -2.11. The molecule has 0 aliphatic carbocycles. The van der Waals surface area contributed by atoms with E-state index in [-0.39, 0.29) is 17.7 Å². The Balaban J connectivity index is 1.76. The second kappa shape index (κ2) is 7.77. The third-order valence-electron chi connectivity index (χ3n) is 3.98. The molecule has 0 bridgehead atoms. The lowest BCUT2D eigenvalue weighted by molar-refractivity contribution is -0.121. The van der Waals surface area contributed by atoms with E-state index in [1.807, 2.05) is 0 Å². The molecule has 1 heterocycles. The Kier molecular flexibility index (Phi) is 5.25. The van der Waals surface area contributed by atoms with Gasteiger partial charge in [-0.25, -0.2) is 9.07 Å². The Hall–Kier alpha value is -3.55. The van der Waals surface area contributed by atoms with Gasteiger partial charge in [-0.05, 0) is 30.7 Å². The number of carbonyl (C=O) groups is 2. The highest BCUT2D eigenvalue weighted by atomic mass is 19.1. The molecule has 1 aromatic heterocycles. The van der Waals surface area contributed by atoms with Gasteiger partial charge >= 0.3 is 0 Å². The van der Waals surface area contributed by atoms with Crippen LogP contribution in [0.25, 0.3) is 10.8 Å². The molecule has 0 saturated heterocycles. The molecular weight excluding hydrogens is 351 g/mol. The topological polar surface area (TPSA) is 93.1 Å². The zero-order valence-electron chi connectivity index (χ0n) is 14.5. The molecule has 3 rings (SSSR count). The highest BCUT2D eigenvalue weighted by Gasteiger charge is 2.16. The lowest BCUT2D eigenvalue weighted by Crippen LogP contribution is -2.43. The number of nitrogens with one attached hydrogen (secondary N) is 2. The number of halogens is 1. The SMILES string of the molecule is CCn1nc(C(=O)NNC(=O)Cc2ccc(F)cc2)c2ccccc2c1=O. The predicted octanol–water partition coefficient (Wildman–Crippen LogP) is 1.56. The van der Waals surface area contributed by atoms with Crippen molar-refractivity contribution in [2.75, 3.05) is 0 Å². The molecule has 3 aromatic rings. The van der Waals surface area contributed by atoms with Crippen LogP contribution in [-0.2, 0) is 17.8 Å². The minimum Gasteiger partial charge on any atom is -0.273 e. The number of fused-ring (bicyclic) bond motifs is 1. The van der Waals surface area contributed by atoms with Gasteiger partial charge in [0.05, 0.1) is 11.8 Å². The van der Waals surface area contributed by atoms with Crippen LogP contribution in [0.3, 0.4) is 0 Å². The van der Waals surface area contributed by atoms with Crippen LogP contribution >= 0.6 is 0 Å². The van der Waals surface area contributed by atoms with Gasteiger partial charge < -0.3 is 0 Å². The fourth-order valence-corrected chi connectivity index (χ4v) is 2.63. The summed E-state index contributed by atoms with van der Waals surface area (Å²) in [5.41, 5.74) is 4.96. The van der Waals surface area contributed by atoms with Gasteiger partial charge in [0.2, 0.25) is 5.91 Å². The number of nitrogens with zero attached hydrogens (tertiary/aromatic N) is 2. The number of carbonyl (C=O) groups excluding carboxylic acids is 2. The van der Waals surface area contributed by atoms with Crippen LogP contribution in [-0.4, -0.2) is 21.6 Å². The van der Waals surface area contributed by atoms with Crippen LogP contribution in [0.4, 0.5) is 4.39 Å². The predicted molar refractivity (Wildman–Crippen MR) is 97.4 cm³/mol. The molecule has 0 aliphatic rings. The summed E-state index contributed by atoms with van der Waals surface area (Å²) in [5, 5.41) is 4.86. The Morgan fingerprint density at radius 1 is 1.04 bits per heavy atom. The zero-order valence-corrected chi connectivity index (χ0v) is 14.5. The third-order valence-corrected chi connectivity index (χ3v) is 3.98. The molecule has 0 atom stereocenters. The minimum atomic E-state index is -0.638. The van der Waals surface area contributed by atoms with Crippen LogP contribution in [0.2, 0.25) is 0 Å². The molecule has 7 nitrogen and oxygen atoms in total. The monoisotopic (exact) mass is 368 g/mol. The van der Waals surface area contributed by atoms with E-state index in [1.165, 1.54) is 28.9 Å². The molecule has 0 unspecified atom stereocenters. The third kappa shape index (κ3) is 4.00. The second-order valence-corrected chi connectivity index (χ2v) is 5.82. The van der Waals surface area contributed by atoms with Crippen molar-refractivity contribution in [1.29, 1.82) is 0 Å². The Labute approximate surface area is 153 Å². The molecule has 138 valence electrons. The summed E-state index contributed by atoms with van der Waals surface area (Å²) in [6.07, 6.45) is -0.0246. The smallest absolute Gasteiger partial charge is 0.273 e.